The number of hydrazone groups is 1. The number of carbonyl (C=O) groups is 1. The van der Waals surface area contributed by atoms with Crippen LogP contribution in [-0.4, -0.2) is 17.0 Å². The topological polar surface area (TPSA) is 84.6 Å². The molecule has 0 spiro atoms. The molecule has 2 aromatic carbocycles. The number of amides is 1. The van der Waals surface area contributed by atoms with Gasteiger partial charge in [-0.1, -0.05) is 12.1 Å². The number of nitrogens with zero attached hydrogens (tertiary/aromatic N) is 2. The van der Waals surface area contributed by atoms with Crippen LogP contribution in [-0.2, 0) is 6.18 Å². The van der Waals surface area contributed by atoms with Crippen molar-refractivity contribution in [2.75, 3.05) is 0 Å². The van der Waals surface area contributed by atoms with Crippen molar-refractivity contribution in [3.8, 4) is 0 Å². The molecule has 3 aromatic rings. The molecule has 1 heterocycles. The quantitative estimate of drug-likeness (QED) is 0.400. The average molecular weight is 393 g/mol. The van der Waals surface area contributed by atoms with Crippen molar-refractivity contribution in [1.29, 1.82) is 0 Å². The third-order valence-corrected chi connectivity index (χ3v) is 4.67. The highest BCUT2D eigenvalue weighted by atomic mass is 32.1. The van der Waals surface area contributed by atoms with Crippen LogP contribution >= 0.6 is 11.3 Å². The van der Waals surface area contributed by atoms with Crippen LogP contribution in [0.2, 0.25) is 0 Å². The third-order valence-electron chi connectivity index (χ3n) is 3.55. The Hall–Kier alpha value is -3.27. The number of fused-ring (bicyclic) bond motifs is 1. The Labute approximate surface area is 154 Å². The Morgan fingerprint density at radius 2 is 1.85 bits per heavy atom. The number of nitro groups is 1. The van der Waals surface area contributed by atoms with Crippen LogP contribution in [0.25, 0.3) is 10.1 Å². The molecule has 0 atom stereocenters. The molecular weight excluding hydrogens is 383 g/mol. The number of nitrogens with one attached hydrogen (secondary N) is 1. The molecule has 3 rings (SSSR count). The van der Waals surface area contributed by atoms with Crippen molar-refractivity contribution in [3.05, 3.63) is 74.6 Å². The van der Waals surface area contributed by atoms with Gasteiger partial charge in [0.1, 0.15) is 0 Å². The molecule has 0 aliphatic rings. The van der Waals surface area contributed by atoms with Crippen molar-refractivity contribution in [1.82, 2.24) is 5.43 Å². The minimum absolute atomic E-state index is 0.0763. The lowest BCUT2D eigenvalue weighted by Crippen LogP contribution is -2.16. The highest BCUT2D eigenvalue weighted by Crippen LogP contribution is 2.29. The Kier molecular flexibility index (Phi) is 4.91. The summed E-state index contributed by atoms with van der Waals surface area (Å²) in [6.45, 7) is 0. The van der Waals surface area contributed by atoms with Crippen LogP contribution in [0.4, 0.5) is 18.9 Å². The monoisotopic (exact) mass is 393 g/mol. The number of carbonyl (C=O) groups excluding carboxylic acids is 1. The second-order valence-corrected chi connectivity index (χ2v) is 6.49. The standard InChI is InChI=1S/C17H10F3N3O3S/c18-17(19,20)12-3-1-10(2-4-12)9-21-22-16(24)15-8-11-7-13(23(25)26)5-6-14(11)27-15/h1-9H,(H,22,24)/b21-9-. The number of non-ortho nitro benzene ring substituents is 1. The molecule has 6 nitrogen and oxygen atoms in total. The maximum Gasteiger partial charge on any atom is 0.416 e. The molecule has 1 N–H and O–H groups in total. The molecule has 0 fully saturated rings. The molecule has 0 radical (unpaired) electrons. The van der Waals surface area contributed by atoms with E-state index in [1.54, 1.807) is 6.07 Å². The number of alkyl halides is 3. The zero-order chi connectivity index (χ0) is 19.6. The van der Waals surface area contributed by atoms with Gasteiger partial charge in [-0.05, 0) is 29.8 Å². The van der Waals surface area contributed by atoms with E-state index in [-0.39, 0.29) is 5.69 Å². The number of nitro benzene ring substituents is 1. The molecular formula is C17H10F3N3O3S. The van der Waals surface area contributed by atoms with E-state index < -0.39 is 22.6 Å². The van der Waals surface area contributed by atoms with Crippen LogP contribution in [0.3, 0.4) is 0 Å². The van der Waals surface area contributed by atoms with Gasteiger partial charge in [-0.15, -0.1) is 11.3 Å². The summed E-state index contributed by atoms with van der Waals surface area (Å²) >= 11 is 1.14. The van der Waals surface area contributed by atoms with Crippen molar-refractivity contribution in [2.45, 2.75) is 6.18 Å². The van der Waals surface area contributed by atoms with Gasteiger partial charge in [-0.2, -0.15) is 18.3 Å². The number of rotatable bonds is 4. The predicted molar refractivity (Wildman–Crippen MR) is 95.0 cm³/mol. The molecule has 0 saturated heterocycles. The van der Waals surface area contributed by atoms with Gasteiger partial charge in [-0.3, -0.25) is 14.9 Å². The molecule has 1 aromatic heterocycles. The average Bonchev–Trinajstić information content (AvgIpc) is 3.04. The molecule has 10 heteroatoms. The van der Waals surface area contributed by atoms with Gasteiger partial charge in [0.2, 0.25) is 0 Å². The van der Waals surface area contributed by atoms with Crippen LogP contribution in [0.15, 0.2) is 53.6 Å². The zero-order valence-electron chi connectivity index (χ0n) is 13.4. The van der Waals surface area contributed by atoms with Crippen LogP contribution in [0.5, 0.6) is 0 Å². The van der Waals surface area contributed by atoms with Crippen LogP contribution < -0.4 is 5.43 Å². The number of hydrogen-bond donors (Lipinski definition) is 1. The lowest BCUT2D eigenvalue weighted by Gasteiger charge is -2.05. The van der Waals surface area contributed by atoms with Gasteiger partial charge in [0, 0.05) is 22.2 Å². The second-order valence-electron chi connectivity index (χ2n) is 5.41. The van der Waals surface area contributed by atoms with Crippen LogP contribution in [0.1, 0.15) is 20.8 Å². The Morgan fingerprint density at radius 1 is 1.15 bits per heavy atom. The predicted octanol–water partition coefficient (Wildman–Crippen LogP) is 4.59. The summed E-state index contributed by atoms with van der Waals surface area (Å²) in [7, 11) is 0. The van der Waals surface area contributed by atoms with E-state index >= 15 is 0 Å². The van der Waals surface area contributed by atoms with Crippen LogP contribution in [0, 0.1) is 10.1 Å². The van der Waals surface area contributed by atoms with E-state index in [0.29, 0.717) is 20.5 Å². The van der Waals surface area contributed by atoms with Gasteiger partial charge >= 0.3 is 6.18 Å². The fraction of sp³-hybridized carbons (Fsp3) is 0.0588. The van der Waals surface area contributed by atoms with Gasteiger partial charge in [-0.25, -0.2) is 5.43 Å². The highest BCUT2D eigenvalue weighted by Gasteiger charge is 2.29. The first-order valence-electron chi connectivity index (χ1n) is 7.43. The SMILES string of the molecule is O=C(N/N=C\c1ccc(C(F)(F)F)cc1)c1cc2cc([N+](=O)[O-])ccc2s1. The molecule has 138 valence electrons. The molecule has 0 saturated carbocycles. The van der Waals surface area contributed by atoms with Crippen molar-refractivity contribution in [3.63, 3.8) is 0 Å². The molecule has 0 bridgehead atoms. The number of benzene rings is 2. The maximum atomic E-state index is 12.5. The van der Waals surface area contributed by atoms with E-state index in [1.165, 1.54) is 36.5 Å². The van der Waals surface area contributed by atoms with E-state index in [9.17, 15) is 28.1 Å². The molecule has 0 unspecified atom stereocenters. The van der Waals surface area contributed by atoms with E-state index in [1.807, 2.05) is 0 Å². The fourth-order valence-corrected chi connectivity index (χ4v) is 3.17. The van der Waals surface area contributed by atoms with Crippen molar-refractivity contribution >= 4 is 39.2 Å². The first-order valence-corrected chi connectivity index (χ1v) is 8.24. The minimum atomic E-state index is -4.42. The molecule has 0 aliphatic carbocycles. The zero-order valence-corrected chi connectivity index (χ0v) is 14.2. The van der Waals surface area contributed by atoms with E-state index in [0.717, 1.165) is 23.5 Å². The van der Waals surface area contributed by atoms with Gasteiger partial charge in [0.15, 0.2) is 0 Å². The highest BCUT2D eigenvalue weighted by molar-refractivity contribution is 7.20. The van der Waals surface area contributed by atoms with Crippen molar-refractivity contribution in [2.24, 2.45) is 5.10 Å². The summed E-state index contributed by atoms with van der Waals surface area (Å²) in [5.41, 5.74) is 1.81. The fourth-order valence-electron chi connectivity index (χ4n) is 2.23. The number of hydrogen-bond acceptors (Lipinski definition) is 5. The van der Waals surface area contributed by atoms with Gasteiger partial charge < -0.3 is 0 Å². The Balaban J connectivity index is 1.69. The Bertz CT molecular complexity index is 1040. The van der Waals surface area contributed by atoms with Gasteiger partial charge in [0.05, 0.1) is 21.6 Å². The number of thiophene rings is 1. The normalized spacial score (nSPS) is 11.8. The largest absolute Gasteiger partial charge is 0.416 e. The van der Waals surface area contributed by atoms with E-state index in [2.05, 4.69) is 10.5 Å². The minimum Gasteiger partial charge on any atom is -0.266 e. The second kappa shape index (κ2) is 7.16. The Morgan fingerprint density at radius 3 is 2.48 bits per heavy atom. The summed E-state index contributed by atoms with van der Waals surface area (Å²) < 4.78 is 38.2. The smallest absolute Gasteiger partial charge is 0.266 e. The molecule has 0 aliphatic heterocycles. The lowest BCUT2D eigenvalue weighted by atomic mass is 10.1. The number of halogens is 3. The first-order chi connectivity index (χ1) is 12.7. The summed E-state index contributed by atoms with van der Waals surface area (Å²) in [6, 6.07) is 10.1. The molecule has 1 amide bonds. The molecule has 27 heavy (non-hydrogen) atoms. The summed E-state index contributed by atoms with van der Waals surface area (Å²) in [4.78, 5) is 22.7. The third kappa shape index (κ3) is 4.29. The van der Waals surface area contributed by atoms with Gasteiger partial charge in [0.25, 0.3) is 11.6 Å². The summed E-state index contributed by atoms with van der Waals surface area (Å²) in [5, 5.41) is 15.1. The summed E-state index contributed by atoms with van der Waals surface area (Å²) in [6.07, 6.45) is -3.20. The maximum absolute atomic E-state index is 12.5. The van der Waals surface area contributed by atoms with E-state index in [4.69, 9.17) is 0 Å². The van der Waals surface area contributed by atoms with Crippen molar-refractivity contribution < 1.29 is 22.9 Å². The first kappa shape index (κ1) is 18.5. The lowest BCUT2D eigenvalue weighted by molar-refractivity contribution is -0.384. The summed E-state index contributed by atoms with van der Waals surface area (Å²) in [5.74, 6) is -0.526.